The van der Waals surface area contributed by atoms with Gasteiger partial charge >= 0.3 is 0 Å². The molecule has 2 aromatic rings. The van der Waals surface area contributed by atoms with Gasteiger partial charge in [0.2, 0.25) is 0 Å². The monoisotopic (exact) mass is 322 g/mol. The first-order valence-corrected chi connectivity index (χ1v) is 7.41. The zero-order chi connectivity index (χ0) is 13.7. The van der Waals surface area contributed by atoms with E-state index in [1.54, 1.807) is 0 Å². The predicted molar refractivity (Wildman–Crippen MR) is 80.3 cm³/mol. The van der Waals surface area contributed by atoms with Crippen LogP contribution in [-0.2, 0) is 13.2 Å². The molecule has 0 radical (unpaired) electrons. The minimum absolute atomic E-state index is 0.569. The number of unbranched alkanes of at least 4 members (excludes halogenated alkanes) is 1. The highest BCUT2D eigenvalue weighted by atomic mass is 79.9. The number of ether oxygens (including phenoxy) is 1. The minimum atomic E-state index is 0.569. The van der Waals surface area contributed by atoms with E-state index in [-0.39, 0.29) is 0 Å². The fourth-order valence-electron chi connectivity index (χ4n) is 1.89. The molecule has 0 aliphatic rings. The topological polar surface area (TPSA) is 27.1 Å². The number of aromatic nitrogens is 2. The van der Waals surface area contributed by atoms with E-state index < -0.39 is 0 Å². The zero-order valence-electron chi connectivity index (χ0n) is 11.4. The maximum atomic E-state index is 5.88. The molecule has 0 spiro atoms. The number of hydrogen-bond donors (Lipinski definition) is 0. The molecule has 0 atom stereocenters. The number of rotatable bonds is 6. The smallest absolute Gasteiger partial charge is 0.175 e. The Balaban J connectivity index is 2.06. The van der Waals surface area contributed by atoms with Crippen molar-refractivity contribution in [3.8, 4) is 5.75 Å². The lowest BCUT2D eigenvalue weighted by molar-refractivity contribution is 0.301. The van der Waals surface area contributed by atoms with Gasteiger partial charge in [-0.25, -0.2) is 0 Å². The molecule has 0 amide bonds. The van der Waals surface area contributed by atoms with Crippen LogP contribution in [0.25, 0.3) is 0 Å². The third-order valence-electron chi connectivity index (χ3n) is 2.96. The highest BCUT2D eigenvalue weighted by molar-refractivity contribution is 9.10. The molecule has 0 saturated carbocycles. The average molecular weight is 323 g/mol. The quantitative estimate of drug-likeness (QED) is 0.791. The summed E-state index contributed by atoms with van der Waals surface area (Å²) in [6.45, 7) is 5.65. The molecule has 0 bridgehead atoms. The first-order valence-electron chi connectivity index (χ1n) is 6.62. The maximum Gasteiger partial charge on any atom is 0.175 e. The van der Waals surface area contributed by atoms with Gasteiger partial charge < -0.3 is 4.74 Å². The summed E-state index contributed by atoms with van der Waals surface area (Å²) in [5.74, 6) is 0.847. The fourth-order valence-corrected chi connectivity index (χ4v) is 2.54. The Hall–Kier alpha value is -1.29. The Labute approximate surface area is 122 Å². The van der Waals surface area contributed by atoms with E-state index in [0.717, 1.165) is 41.0 Å². The summed E-state index contributed by atoms with van der Waals surface area (Å²) in [5, 5.41) is 4.50. The third kappa shape index (κ3) is 3.60. The van der Waals surface area contributed by atoms with Crippen molar-refractivity contribution >= 4 is 15.9 Å². The molecule has 0 saturated heterocycles. The molecule has 3 nitrogen and oxygen atoms in total. The van der Waals surface area contributed by atoms with Crippen LogP contribution in [0.2, 0.25) is 0 Å². The molecule has 1 aromatic heterocycles. The third-order valence-corrected chi connectivity index (χ3v) is 3.73. The highest BCUT2D eigenvalue weighted by Gasteiger charge is 2.14. The molecular formula is C15H19BrN2O. The van der Waals surface area contributed by atoms with Crippen LogP contribution in [0.15, 0.2) is 34.9 Å². The summed E-state index contributed by atoms with van der Waals surface area (Å²) in [6, 6.07) is 10.2. The summed E-state index contributed by atoms with van der Waals surface area (Å²) in [5.41, 5.74) is 2.09. The van der Waals surface area contributed by atoms with Crippen LogP contribution in [0.4, 0.5) is 0 Å². The van der Waals surface area contributed by atoms with Crippen molar-refractivity contribution in [2.24, 2.45) is 0 Å². The molecule has 4 heteroatoms. The van der Waals surface area contributed by atoms with Crippen LogP contribution in [-0.4, -0.2) is 9.78 Å². The van der Waals surface area contributed by atoms with E-state index in [9.17, 15) is 0 Å². The van der Waals surface area contributed by atoms with Gasteiger partial charge in [0.15, 0.2) is 5.75 Å². The second-order valence-corrected chi connectivity index (χ2v) is 5.31. The van der Waals surface area contributed by atoms with Crippen molar-refractivity contribution < 1.29 is 4.74 Å². The van der Waals surface area contributed by atoms with Gasteiger partial charge in [0.05, 0.1) is 0 Å². The SMILES string of the molecule is CCCCn1nc(C)c(OCc2ccccc2)c1Br. The molecule has 0 unspecified atom stereocenters. The molecule has 102 valence electrons. The molecule has 19 heavy (non-hydrogen) atoms. The van der Waals surface area contributed by atoms with E-state index >= 15 is 0 Å². The summed E-state index contributed by atoms with van der Waals surface area (Å²) >= 11 is 3.58. The molecule has 0 N–H and O–H groups in total. The van der Waals surface area contributed by atoms with Crippen LogP contribution >= 0.6 is 15.9 Å². The van der Waals surface area contributed by atoms with Crippen LogP contribution < -0.4 is 4.74 Å². The van der Waals surface area contributed by atoms with Gasteiger partial charge in [-0.05, 0) is 34.8 Å². The van der Waals surface area contributed by atoms with E-state index in [4.69, 9.17) is 4.74 Å². The summed E-state index contributed by atoms with van der Waals surface area (Å²) in [6.07, 6.45) is 2.28. The Bertz CT molecular complexity index is 522. The normalized spacial score (nSPS) is 10.7. The van der Waals surface area contributed by atoms with Gasteiger partial charge in [-0.1, -0.05) is 43.7 Å². The molecule has 0 fully saturated rings. The van der Waals surface area contributed by atoms with Crippen molar-refractivity contribution in [1.82, 2.24) is 9.78 Å². The Kier molecular flexibility index (Phi) is 5.02. The number of halogens is 1. The van der Waals surface area contributed by atoms with Crippen molar-refractivity contribution in [3.63, 3.8) is 0 Å². The van der Waals surface area contributed by atoms with Gasteiger partial charge in [-0.3, -0.25) is 4.68 Å². The first kappa shape index (κ1) is 14.1. The Morgan fingerprint density at radius 3 is 2.68 bits per heavy atom. The van der Waals surface area contributed by atoms with Crippen LogP contribution in [0, 0.1) is 6.92 Å². The molecule has 1 heterocycles. The first-order chi connectivity index (χ1) is 9.22. The lowest BCUT2D eigenvalue weighted by atomic mass is 10.2. The Morgan fingerprint density at radius 1 is 1.26 bits per heavy atom. The lowest BCUT2D eigenvalue weighted by Gasteiger charge is -2.06. The minimum Gasteiger partial charge on any atom is -0.484 e. The number of hydrogen-bond acceptors (Lipinski definition) is 2. The summed E-state index contributed by atoms with van der Waals surface area (Å²) < 4.78 is 8.79. The number of aryl methyl sites for hydroxylation is 2. The van der Waals surface area contributed by atoms with Crippen molar-refractivity contribution in [3.05, 3.63) is 46.2 Å². The van der Waals surface area contributed by atoms with Crippen LogP contribution in [0.3, 0.4) is 0 Å². The summed E-state index contributed by atoms with van der Waals surface area (Å²) in [7, 11) is 0. The molecule has 0 aliphatic heterocycles. The van der Waals surface area contributed by atoms with Crippen LogP contribution in [0.5, 0.6) is 5.75 Å². The van der Waals surface area contributed by atoms with E-state index in [1.165, 1.54) is 0 Å². The van der Waals surface area contributed by atoms with E-state index in [0.29, 0.717) is 6.61 Å². The van der Waals surface area contributed by atoms with Gasteiger partial charge in [0.1, 0.15) is 16.9 Å². The van der Waals surface area contributed by atoms with Crippen LogP contribution in [0.1, 0.15) is 31.0 Å². The molecule has 1 aromatic carbocycles. The molecular weight excluding hydrogens is 304 g/mol. The number of nitrogens with zero attached hydrogens (tertiary/aromatic N) is 2. The second-order valence-electron chi connectivity index (χ2n) is 4.56. The molecule has 2 rings (SSSR count). The fraction of sp³-hybridized carbons (Fsp3) is 0.400. The largest absolute Gasteiger partial charge is 0.484 e. The highest BCUT2D eigenvalue weighted by Crippen LogP contribution is 2.29. The van der Waals surface area contributed by atoms with Gasteiger partial charge in [0.25, 0.3) is 0 Å². The predicted octanol–water partition coefficient (Wildman–Crippen LogP) is 4.33. The van der Waals surface area contributed by atoms with E-state index in [1.807, 2.05) is 29.8 Å². The standard InChI is InChI=1S/C15H19BrN2O/c1-3-4-10-18-15(16)14(12(2)17-18)19-11-13-8-6-5-7-9-13/h5-9H,3-4,10-11H2,1-2H3. The van der Waals surface area contributed by atoms with E-state index in [2.05, 4.69) is 40.1 Å². The zero-order valence-corrected chi connectivity index (χ0v) is 13.0. The van der Waals surface area contributed by atoms with Crippen molar-refractivity contribution in [2.45, 2.75) is 39.8 Å². The van der Waals surface area contributed by atoms with Gasteiger partial charge in [0, 0.05) is 6.54 Å². The lowest BCUT2D eigenvalue weighted by Crippen LogP contribution is -2.00. The molecule has 0 aliphatic carbocycles. The average Bonchev–Trinajstić information content (AvgIpc) is 2.70. The summed E-state index contributed by atoms with van der Waals surface area (Å²) in [4.78, 5) is 0. The maximum absolute atomic E-state index is 5.88. The van der Waals surface area contributed by atoms with Gasteiger partial charge in [-0.15, -0.1) is 0 Å². The van der Waals surface area contributed by atoms with Crippen molar-refractivity contribution in [2.75, 3.05) is 0 Å². The van der Waals surface area contributed by atoms with Gasteiger partial charge in [-0.2, -0.15) is 5.10 Å². The van der Waals surface area contributed by atoms with Crippen molar-refractivity contribution in [1.29, 1.82) is 0 Å². The Morgan fingerprint density at radius 2 is 2.00 bits per heavy atom. The second kappa shape index (κ2) is 6.75. The number of benzene rings is 1.